The summed E-state index contributed by atoms with van der Waals surface area (Å²) in [6.07, 6.45) is 33.2. The van der Waals surface area contributed by atoms with E-state index in [9.17, 15) is 35.9 Å². The van der Waals surface area contributed by atoms with E-state index in [1.165, 1.54) is 100 Å². The zero-order chi connectivity index (χ0) is 94.8. The number of nitriles is 5. The van der Waals surface area contributed by atoms with E-state index in [1.54, 1.807) is 23.5 Å². The standard InChI is InChI=1S/C110H114N12O4S8/c1-16-28-34-63(22-7)52-109(53-64(23-8)35-29-17-2)80-48-89(129-103(80)105-82(109)50-91(131-105)107-87(125-61-67(26-11)38-32-20-5)45-72(127-107)43-78-93(85(59-114)117-14)74-40-69(56-111)70(57-112)41-76(74)101(78)123)95-97-99(121-133-119-97)96(100-98(95)120-134-122-100)90-49-81-104(130-90)106-83(110(81,54-65(24-9)36-30-18-3)55-66(25-10)37-31-19-4)51-92(132-106)108-88(126-62-68(27-12)39-33-21-6)46-73(128-108)44-79-94(86(60-115)118-15)75-47-84(116-13)71(58-113)42-77(75)102(79)124/h40-51,63-68H,16-39,52-55,61-62H2,1-12H3/b78-43-,79-44-,93-85-,94-86+. The molecule has 5 aliphatic rings. The summed E-state index contributed by atoms with van der Waals surface area (Å²) in [5, 5.41) is 51.7. The Morgan fingerprint density at radius 1 is 0.410 bits per heavy atom. The second-order valence-electron chi connectivity index (χ2n) is 36.8. The number of carbonyl (C=O) groups is 2. The van der Waals surface area contributed by atoms with Crippen molar-refractivity contribution in [1.82, 2.24) is 8.75 Å². The first-order valence-electron chi connectivity index (χ1n) is 48.4. The quantitative estimate of drug-likeness (QED) is 0.0198. The van der Waals surface area contributed by atoms with Crippen LogP contribution in [0, 0.1) is 112 Å². The number of unbranched alkanes of at least 4 members (excludes halogenated alkanes) is 6. The van der Waals surface area contributed by atoms with Gasteiger partial charge in [0.25, 0.3) is 11.4 Å². The van der Waals surface area contributed by atoms with Gasteiger partial charge in [-0.15, -0.1) is 68.0 Å². The maximum absolute atomic E-state index is 14.9. The van der Waals surface area contributed by atoms with Gasteiger partial charge in [0.1, 0.15) is 46.0 Å². The number of ether oxygens (including phenoxy) is 2. The van der Waals surface area contributed by atoms with Gasteiger partial charge in [0.05, 0.1) is 101 Å². The Hall–Kier alpha value is -10.7. The zero-order valence-corrected chi connectivity index (χ0v) is 85.4. The molecule has 0 saturated heterocycles. The highest BCUT2D eigenvalue weighted by Crippen LogP contribution is 2.69. The van der Waals surface area contributed by atoms with E-state index in [4.69, 9.17) is 46.7 Å². The number of Topliss-reactive ketones (excluding diaryl/α,β-unsaturated/α-hetero) is 2. The van der Waals surface area contributed by atoms with Crippen LogP contribution in [-0.2, 0) is 22.2 Å². The van der Waals surface area contributed by atoms with Gasteiger partial charge in [-0.1, -0.05) is 224 Å². The van der Waals surface area contributed by atoms with Crippen LogP contribution in [0.3, 0.4) is 0 Å². The number of thiophene rings is 6. The third-order valence-corrected chi connectivity index (χ3v) is 37.2. The fraction of sp³-hybridized carbons (Fsp3) is 0.455. The SMILES string of the molecule is [C-]#[N+]/C(C#N)=C1\C(=C\c2cc(OCC(CC)CCCC)c(-c3cc4c(s3)-c3sc(-c5c6c(c(-c7cc8c(s7)-c7sc(-c9sc(/C=C%10\C(=O)c%11cc(C#N)c([N+]#[C-])cc%11\C%10=C(\C#N)[N+]#[C-])cc9OCC(CC)CCCC)cc7C8(CC(CC)CCCC)CC(CC)CCCC)c7nsnc57)N=S=N6)cc3C4(CC(CC)CCCC)CC(CC)CCCC)s2)C(=O)c2cc(C#N)c(C#N)cc21. The van der Waals surface area contributed by atoms with Crippen molar-refractivity contribution in [3.63, 3.8) is 0 Å². The molecule has 15 rings (SSSR count). The number of hydrogen-bond acceptors (Lipinski definition) is 20. The van der Waals surface area contributed by atoms with E-state index in [2.05, 4.69) is 152 Å². The Labute approximate surface area is 822 Å². The van der Waals surface area contributed by atoms with E-state index >= 15 is 0 Å². The van der Waals surface area contributed by atoms with Crippen LogP contribution in [0.15, 0.2) is 91.9 Å². The van der Waals surface area contributed by atoms with Gasteiger partial charge in [-0.25, -0.2) is 25.1 Å². The Morgan fingerprint density at radius 3 is 1.07 bits per heavy atom. The van der Waals surface area contributed by atoms with Crippen LogP contribution in [-0.4, -0.2) is 33.5 Å². The van der Waals surface area contributed by atoms with Gasteiger partial charge in [-0.2, -0.15) is 33.3 Å². The molecule has 6 unspecified atom stereocenters. The highest BCUT2D eigenvalue weighted by molar-refractivity contribution is 7.58. The van der Waals surface area contributed by atoms with Crippen molar-refractivity contribution in [2.75, 3.05) is 13.2 Å². The number of aromatic nitrogens is 2. The molecule has 10 aromatic rings. The molecule has 0 radical (unpaired) electrons. The second kappa shape index (κ2) is 43.6. The van der Waals surface area contributed by atoms with Crippen LogP contribution in [0.4, 0.5) is 17.1 Å². The lowest BCUT2D eigenvalue weighted by molar-refractivity contribution is 0.103. The van der Waals surface area contributed by atoms with Crippen LogP contribution in [0.2, 0.25) is 0 Å². The maximum atomic E-state index is 14.9. The minimum Gasteiger partial charge on any atom is -0.492 e. The summed E-state index contributed by atoms with van der Waals surface area (Å²) in [6.45, 7) is 53.0. The first-order chi connectivity index (χ1) is 65.3. The van der Waals surface area contributed by atoms with Crippen molar-refractivity contribution < 1.29 is 19.1 Å². The minimum atomic E-state index is -0.428. The van der Waals surface area contributed by atoms with Crippen molar-refractivity contribution in [3.05, 3.63) is 188 Å². The van der Waals surface area contributed by atoms with Gasteiger partial charge < -0.3 is 9.47 Å². The van der Waals surface area contributed by atoms with Crippen LogP contribution >= 0.6 is 79.7 Å². The maximum Gasteiger partial charge on any atom is 0.270 e. The van der Waals surface area contributed by atoms with Gasteiger partial charge in [0, 0.05) is 104 Å². The molecule has 6 atom stereocenters. The predicted octanol–water partition coefficient (Wildman–Crippen LogP) is 34.6. The molecule has 686 valence electrons. The van der Waals surface area contributed by atoms with Crippen molar-refractivity contribution in [1.29, 1.82) is 26.3 Å². The molecular weight excluding hydrogens is 1810 g/mol. The largest absolute Gasteiger partial charge is 0.492 e. The normalized spacial score (nSPS) is 17.9. The number of benzene rings is 3. The zero-order valence-electron chi connectivity index (χ0n) is 78.9. The summed E-state index contributed by atoms with van der Waals surface area (Å²) in [5.74, 6) is 2.86. The van der Waals surface area contributed by atoms with Crippen LogP contribution in [0.1, 0.15) is 343 Å². The number of hydrogen-bond donors (Lipinski definition) is 0. The topological polar surface area (TPSA) is 235 Å². The average Bonchev–Trinajstić information content (AvgIpc) is 1.52. The summed E-state index contributed by atoms with van der Waals surface area (Å²) in [6, 6.07) is 30.3. The average molecular weight is 1920 g/mol. The van der Waals surface area contributed by atoms with E-state index < -0.39 is 22.4 Å². The first kappa shape index (κ1) is 97.9. The third-order valence-electron chi connectivity index (χ3n) is 28.8. The first-order valence-corrected chi connectivity index (χ1v) is 54.7. The van der Waals surface area contributed by atoms with E-state index in [1.807, 2.05) is 57.5 Å². The van der Waals surface area contributed by atoms with Crippen LogP contribution in [0.25, 0.3) is 109 Å². The van der Waals surface area contributed by atoms with E-state index in [0.29, 0.717) is 75.5 Å². The lowest BCUT2D eigenvalue weighted by Gasteiger charge is -2.37. The fourth-order valence-corrected chi connectivity index (χ4v) is 30.0. The molecule has 8 heterocycles. The number of fused-ring (bicyclic) bond motifs is 10. The van der Waals surface area contributed by atoms with Crippen molar-refractivity contribution in [3.8, 4) is 102 Å². The molecule has 4 aliphatic carbocycles. The lowest BCUT2D eigenvalue weighted by atomic mass is 9.65. The monoisotopic (exact) mass is 1920 g/mol. The molecule has 0 amide bonds. The third kappa shape index (κ3) is 18.6. The fourth-order valence-electron chi connectivity index (χ4n) is 21.1. The van der Waals surface area contributed by atoms with Crippen molar-refractivity contribution in [2.24, 2.45) is 44.2 Å². The number of allylic oxidation sites excluding steroid dienone is 6. The van der Waals surface area contributed by atoms with Gasteiger partial charge in [0.15, 0.2) is 11.6 Å². The molecule has 3 aromatic carbocycles. The second-order valence-corrected chi connectivity index (χ2v) is 44.3. The van der Waals surface area contributed by atoms with E-state index in [0.717, 1.165) is 243 Å². The summed E-state index contributed by atoms with van der Waals surface area (Å²) >= 11 is 12.9. The summed E-state index contributed by atoms with van der Waals surface area (Å²) in [4.78, 5) is 53.3. The van der Waals surface area contributed by atoms with Gasteiger partial charge >= 0.3 is 0 Å². The molecule has 1 aliphatic heterocycles. The molecule has 0 fully saturated rings. The number of ketones is 2. The number of carbonyl (C=O) groups excluding carboxylic acids is 2. The summed E-state index contributed by atoms with van der Waals surface area (Å²) < 4.78 is 36.0. The molecule has 0 N–H and O–H groups in total. The molecular formula is C110H114N12O4S8. The van der Waals surface area contributed by atoms with Gasteiger partial charge in [0.2, 0.25) is 5.69 Å². The Kier molecular flexibility index (Phi) is 31.8. The molecule has 7 aromatic heterocycles. The highest BCUT2D eigenvalue weighted by atomic mass is 32.1. The Bertz CT molecular complexity index is 6340. The summed E-state index contributed by atoms with van der Waals surface area (Å²) in [7, 11) is 0. The van der Waals surface area contributed by atoms with Crippen LogP contribution < -0.4 is 9.47 Å². The Balaban J connectivity index is 0.914. The van der Waals surface area contributed by atoms with Crippen molar-refractivity contribution in [2.45, 2.75) is 274 Å². The van der Waals surface area contributed by atoms with Crippen molar-refractivity contribution >= 4 is 154 Å². The molecule has 0 saturated carbocycles. The molecule has 134 heavy (non-hydrogen) atoms. The smallest absolute Gasteiger partial charge is 0.270 e. The predicted molar refractivity (Wildman–Crippen MR) is 556 cm³/mol. The minimum absolute atomic E-state index is 0.0434. The summed E-state index contributed by atoms with van der Waals surface area (Å²) in [5.41, 5.74) is 11.0. The molecule has 24 heteroatoms. The number of rotatable bonds is 44. The lowest BCUT2D eigenvalue weighted by Crippen LogP contribution is -2.31. The van der Waals surface area contributed by atoms with Gasteiger partial charge in [-0.05, 0) is 180 Å². The highest BCUT2D eigenvalue weighted by Gasteiger charge is 2.52. The van der Waals surface area contributed by atoms with Crippen LogP contribution in [0.5, 0.6) is 11.5 Å². The van der Waals surface area contributed by atoms with Gasteiger partial charge in [-0.3, -0.25) is 9.59 Å². The molecule has 16 nitrogen and oxygen atoms in total. The number of nitrogens with zero attached hydrogens (tertiary/aromatic N) is 12. The Morgan fingerprint density at radius 2 is 0.739 bits per heavy atom. The van der Waals surface area contributed by atoms with E-state index in [-0.39, 0.29) is 72.8 Å². The molecule has 0 spiro atoms. The molecule has 0 bridgehead atoms.